The van der Waals surface area contributed by atoms with E-state index in [0.717, 1.165) is 35.7 Å². The molecular weight excluding hydrogens is 354 g/mol. The van der Waals surface area contributed by atoms with Crippen LogP contribution in [0.4, 0.5) is 5.69 Å². The number of nitrogens with zero attached hydrogens (tertiary/aromatic N) is 7. The van der Waals surface area contributed by atoms with Crippen LogP contribution in [0.3, 0.4) is 0 Å². The van der Waals surface area contributed by atoms with E-state index in [2.05, 4.69) is 31.2 Å². The summed E-state index contributed by atoms with van der Waals surface area (Å²) < 4.78 is 3.66. The molecule has 28 heavy (non-hydrogen) atoms. The second-order valence-corrected chi connectivity index (χ2v) is 7.33. The molecule has 1 saturated heterocycles. The lowest BCUT2D eigenvalue weighted by atomic mass is 9.91. The Hall–Kier alpha value is -3.26. The topological polar surface area (TPSA) is 84.4 Å². The molecule has 1 N–H and O–H groups in total. The molecule has 0 aliphatic carbocycles. The molecule has 0 bridgehead atoms. The van der Waals surface area contributed by atoms with Gasteiger partial charge in [-0.2, -0.15) is 9.61 Å². The van der Waals surface area contributed by atoms with Crippen molar-refractivity contribution in [1.29, 1.82) is 0 Å². The second-order valence-electron chi connectivity index (χ2n) is 7.33. The highest BCUT2D eigenvalue weighted by molar-refractivity contribution is 5.74. The van der Waals surface area contributed by atoms with Crippen molar-refractivity contribution in [3.05, 3.63) is 61.4 Å². The summed E-state index contributed by atoms with van der Waals surface area (Å²) >= 11 is 0. The Morgan fingerprint density at radius 2 is 1.89 bits per heavy atom. The van der Waals surface area contributed by atoms with Crippen LogP contribution in [-0.4, -0.2) is 53.2 Å². The highest BCUT2D eigenvalue weighted by Gasteiger charge is 2.33. The van der Waals surface area contributed by atoms with Crippen molar-refractivity contribution in [3.8, 4) is 11.3 Å². The molecule has 0 spiro atoms. The Morgan fingerprint density at radius 3 is 2.64 bits per heavy atom. The molecule has 0 radical (unpaired) electrons. The summed E-state index contributed by atoms with van der Waals surface area (Å²) in [7, 11) is 0. The third-order valence-electron chi connectivity index (χ3n) is 5.39. The van der Waals surface area contributed by atoms with Gasteiger partial charge in [0, 0.05) is 31.0 Å². The fourth-order valence-corrected chi connectivity index (χ4v) is 3.84. The minimum atomic E-state index is -0.726. The van der Waals surface area contributed by atoms with Crippen LogP contribution in [0.5, 0.6) is 0 Å². The number of piperidine rings is 1. The fraction of sp³-hybridized carbons (Fsp3) is 0.300. The molecule has 8 heteroatoms. The highest BCUT2D eigenvalue weighted by atomic mass is 16.3. The van der Waals surface area contributed by atoms with E-state index in [1.807, 2.05) is 41.1 Å². The molecule has 8 nitrogen and oxygen atoms in total. The van der Waals surface area contributed by atoms with Crippen LogP contribution in [0.15, 0.2) is 61.4 Å². The lowest BCUT2D eigenvalue weighted by Gasteiger charge is -2.39. The molecule has 0 saturated carbocycles. The minimum absolute atomic E-state index is 0.562. The lowest BCUT2D eigenvalue weighted by Crippen LogP contribution is -2.47. The number of hydrogen-bond donors (Lipinski definition) is 1. The van der Waals surface area contributed by atoms with Crippen LogP contribution in [-0.2, 0) is 6.54 Å². The zero-order chi connectivity index (χ0) is 19.0. The zero-order valence-corrected chi connectivity index (χ0v) is 15.4. The molecule has 0 unspecified atom stereocenters. The van der Waals surface area contributed by atoms with Crippen LogP contribution < -0.4 is 4.90 Å². The lowest BCUT2D eigenvalue weighted by molar-refractivity contribution is -0.0000530. The average molecular weight is 375 g/mol. The first kappa shape index (κ1) is 16.9. The van der Waals surface area contributed by atoms with E-state index in [1.165, 1.54) is 0 Å². The van der Waals surface area contributed by atoms with Crippen LogP contribution in [0.1, 0.15) is 12.8 Å². The van der Waals surface area contributed by atoms with E-state index in [-0.39, 0.29) is 0 Å². The molecule has 4 heterocycles. The molecule has 4 aromatic rings. The van der Waals surface area contributed by atoms with Crippen LogP contribution in [0.2, 0.25) is 0 Å². The van der Waals surface area contributed by atoms with Crippen LogP contribution >= 0.6 is 0 Å². The van der Waals surface area contributed by atoms with Gasteiger partial charge in [0.25, 0.3) is 0 Å². The second kappa shape index (κ2) is 6.72. The summed E-state index contributed by atoms with van der Waals surface area (Å²) in [6, 6.07) is 12.2. The summed E-state index contributed by atoms with van der Waals surface area (Å²) in [4.78, 5) is 6.33. The summed E-state index contributed by atoms with van der Waals surface area (Å²) in [5.41, 5.74) is 2.93. The molecule has 0 amide bonds. The highest BCUT2D eigenvalue weighted by Crippen LogP contribution is 2.31. The Kier molecular flexibility index (Phi) is 4.05. The smallest absolute Gasteiger partial charge is 0.200 e. The first-order valence-corrected chi connectivity index (χ1v) is 9.40. The predicted octanol–water partition coefficient (Wildman–Crippen LogP) is 2.02. The summed E-state index contributed by atoms with van der Waals surface area (Å²) in [5.74, 6) is 0. The average Bonchev–Trinajstić information content (AvgIpc) is 3.40. The normalized spacial score (nSPS) is 16.5. The van der Waals surface area contributed by atoms with Crippen molar-refractivity contribution in [3.63, 3.8) is 0 Å². The van der Waals surface area contributed by atoms with E-state index < -0.39 is 5.60 Å². The zero-order valence-electron chi connectivity index (χ0n) is 15.4. The fourth-order valence-electron chi connectivity index (χ4n) is 3.84. The first-order valence-electron chi connectivity index (χ1n) is 9.40. The van der Waals surface area contributed by atoms with E-state index in [4.69, 9.17) is 0 Å². The minimum Gasteiger partial charge on any atom is -0.388 e. The maximum atomic E-state index is 11.0. The maximum Gasteiger partial charge on any atom is 0.200 e. The van der Waals surface area contributed by atoms with Gasteiger partial charge in [-0.15, -0.1) is 10.2 Å². The first-order chi connectivity index (χ1) is 13.7. The predicted molar refractivity (Wildman–Crippen MR) is 105 cm³/mol. The van der Waals surface area contributed by atoms with Crippen molar-refractivity contribution >= 4 is 11.3 Å². The number of rotatable bonds is 4. The Labute approximate surface area is 162 Å². The number of imidazole rings is 1. The Balaban J connectivity index is 1.43. The van der Waals surface area contributed by atoms with Gasteiger partial charge >= 0.3 is 0 Å². The number of hydrogen-bond acceptors (Lipinski definition) is 6. The third kappa shape index (κ3) is 3.11. The van der Waals surface area contributed by atoms with Gasteiger partial charge in [0.05, 0.1) is 29.9 Å². The van der Waals surface area contributed by atoms with Crippen molar-refractivity contribution < 1.29 is 5.11 Å². The van der Waals surface area contributed by atoms with E-state index in [1.54, 1.807) is 23.4 Å². The molecule has 3 aromatic heterocycles. The van der Waals surface area contributed by atoms with Gasteiger partial charge in [-0.3, -0.25) is 0 Å². The van der Waals surface area contributed by atoms with Gasteiger partial charge in [-0.05, 0) is 18.9 Å². The maximum absolute atomic E-state index is 11.0. The van der Waals surface area contributed by atoms with E-state index in [9.17, 15) is 5.11 Å². The Bertz CT molecular complexity index is 1070. The van der Waals surface area contributed by atoms with Gasteiger partial charge in [0.15, 0.2) is 0 Å². The van der Waals surface area contributed by atoms with Crippen molar-refractivity contribution in [2.75, 3.05) is 18.0 Å². The molecule has 5 rings (SSSR count). The SMILES string of the molecule is OC1(Cn2ccnc2)CCN(c2cc(-c3ccccc3)nn3cnnc23)CC1. The number of fused-ring (bicyclic) bond motifs is 1. The van der Waals surface area contributed by atoms with Crippen LogP contribution in [0, 0.1) is 0 Å². The van der Waals surface area contributed by atoms with Crippen molar-refractivity contribution in [2.45, 2.75) is 25.0 Å². The summed E-state index contributed by atoms with van der Waals surface area (Å²) in [6.07, 6.45) is 8.36. The molecule has 1 fully saturated rings. The van der Waals surface area contributed by atoms with Gasteiger partial charge in [0.1, 0.15) is 6.33 Å². The molecule has 142 valence electrons. The monoisotopic (exact) mass is 375 g/mol. The Morgan fingerprint density at radius 1 is 1.07 bits per heavy atom. The number of aromatic nitrogens is 6. The molecule has 1 aliphatic heterocycles. The van der Waals surface area contributed by atoms with Gasteiger partial charge < -0.3 is 14.6 Å². The number of aliphatic hydroxyl groups is 1. The molecular formula is C20H21N7O. The van der Waals surface area contributed by atoms with E-state index in [0.29, 0.717) is 19.4 Å². The largest absolute Gasteiger partial charge is 0.388 e. The summed E-state index contributed by atoms with van der Waals surface area (Å²) in [5, 5.41) is 23.9. The van der Waals surface area contributed by atoms with Crippen molar-refractivity contribution in [1.82, 2.24) is 29.4 Å². The number of anilines is 1. The van der Waals surface area contributed by atoms with Gasteiger partial charge in [-0.1, -0.05) is 30.3 Å². The number of benzene rings is 1. The summed E-state index contributed by atoms with van der Waals surface area (Å²) in [6.45, 7) is 2.05. The molecule has 1 aliphatic rings. The van der Waals surface area contributed by atoms with Crippen molar-refractivity contribution in [2.24, 2.45) is 0 Å². The third-order valence-corrected chi connectivity index (χ3v) is 5.39. The van der Waals surface area contributed by atoms with Gasteiger partial charge in [-0.25, -0.2) is 4.98 Å². The standard InChI is InChI=1S/C20H21N7O/c28-20(13-25-11-8-21-14-25)6-9-26(10-7-20)18-12-17(16-4-2-1-3-5-16)24-27-15-22-23-19(18)27/h1-5,8,11-12,14-15,28H,6-7,9-10,13H2. The van der Waals surface area contributed by atoms with Crippen LogP contribution in [0.25, 0.3) is 16.9 Å². The molecule has 0 atom stereocenters. The quantitative estimate of drug-likeness (QED) is 0.587. The van der Waals surface area contributed by atoms with E-state index >= 15 is 0 Å². The molecule has 1 aromatic carbocycles. The van der Waals surface area contributed by atoms with Gasteiger partial charge in [0.2, 0.25) is 5.65 Å².